The first-order chi connectivity index (χ1) is 22.1. The molecule has 0 amide bonds. The standard InChI is InChI=1S/C35H39BrN6O4/c1-39-29-14-26(28(41-8-4-3-5-9-41)15-30(29)40(2)34(39)46)37-19-24-31(43)38-33(45)42(32(24)44)27-7-6-23(13-25(27)36)35-16-20-10-21(17-35)12-22(11-20)18-35/h6-7,13-15,19-22,44H,3-5,8-12,16-18H2,1-2H3,(H,38,43,45). The first kappa shape index (κ1) is 29.5. The lowest BCUT2D eigenvalue weighted by molar-refractivity contribution is -0.00521. The van der Waals surface area contributed by atoms with Crippen molar-refractivity contribution < 1.29 is 5.11 Å². The van der Waals surface area contributed by atoms with Gasteiger partial charge < -0.3 is 10.0 Å². The van der Waals surface area contributed by atoms with Crippen LogP contribution in [0.2, 0.25) is 0 Å². The second-order valence-electron chi connectivity index (χ2n) is 14.2. The predicted octanol–water partition coefficient (Wildman–Crippen LogP) is 5.39. The summed E-state index contributed by atoms with van der Waals surface area (Å²) in [6.45, 7) is 1.72. The molecule has 0 atom stereocenters. The van der Waals surface area contributed by atoms with E-state index in [1.165, 1.54) is 50.3 Å². The van der Waals surface area contributed by atoms with Gasteiger partial charge in [0, 0.05) is 37.9 Å². The second-order valence-corrected chi connectivity index (χ2v) is 15.1. The Morgan fingerprint density at radius 3 is 2.15 bits per heavy atom. The molecule has 9 rings (SSSR count). The van der Waals surface area contributed by atoms with Crippen LogP contribution in [0.3, 0.4) is 0 Å². The molecular weight excluding hydrogens is 648 g/mol. The molecule has 2 N–H and O–H groups in total. The van der Waals surface area contributed by atoms with E-state index in [1.807, 2.05) is 18.2 Å². The topological polar surface area (TPSA) is 118 Å². The highest BCUT2D eigenvalue weighted by molar-refractivity contribution is 9.10. The number of halogens is 1. The van der Waals surface area contributed by atoms with Crippen LogP contribution in [0.15, 0.2) is 54.2 Å². The maximum absolute atomic E-state index is 13.2. The number of anilines is 1. The van der Waals surface area contributed by atoms with Gasteiger partial charge in [-0.15, -0.1) is 0 Å². The number of aromatic amines is 1. The van der Waals surface area contributed by atoms with E-state index in [2.05, 4.69) is 37.9 Å². The number of piperidine rings is 1. The van der Waals surface area contributed by atoms with Crippen LogP contribution in [0.1, 0.15) is 68.9 Å². The van der Waals surface area contributed by atoms with Crippen LogP contribution >= 0.6 is 15.9 Å². The monoisotopic (exact) mass is 686 g/mol. The Labute approximate surface area is 274 Å². The van der Waals surface area contributed by atoms with Gasteiger partial charge in [-0.2, -0.15) is 0 Å². The average molecular weight is 688 g/mol. The summed E-state index contributed by atoms with van der Waals surface area (Å²) in [6.07, 6.45) is 12.3. The van der Waals surface area contributed by atoms with Gasteiger partial charge >= 0.3 is 11.4 Å². The summed E-state index contributed by atoms with van der Waals surface area (Å²) in [5, 5.41) is 11.5. The minimum absolute atomic E-state index is 0.122. The summed E-state index contributed by atoms with van der Waals surface area (Å²) < 4.78 is 5.01. The summed E-state index contributed by atoms with van der Waals surface area (Å²) in [5.74, 6) is 1.94. The van der Waals surface area contributed by atoms with Gasteiger partial charge in [-0.1, -0.05) is 6.07 Å². The van der Waals surface area contributed by atoms with Gasteiger partial charge in [-0.05, 0) is 127 Å². The van der Waals surface area contributed by atoms with Crippen LogP contribution in [0.4, 0.5) is 11.4 Å². The van der Waals surface area contributed by atoms with Gasteiger partial charge in [0.2, 0.25) is 5.88 Å². The van der Waals surface area contributed by atoms with E-state index in [0.717, 1.165) is 65.9 Å². The van der Waals surface area contributed by atoms with E-state index < -0.39 is 17.1 Å². The number of aryl methyl sites for hydroxylation is 2. The van der Waals surface area contributed by atoms with E-state index in [-0.39, 0.29) is 16.7 Å². The molecule has 3 heterocycles. The average Bonchev–Trinajstić information content (AvgIpc) is 3.23. The molecule has 4 aliphatic carbocycles. The van der Waals surface area contributed by atoms with Crippen molar-refractivity contribution in [3.8, 4) is 11.6 Å². The molecule has 46 heavy (non-hydrogen) atoms. The first-order valence-corrected chi connectivity index (χ1v) is 17.3. The van der Waals surface area contributed by atoms with Gasteiger partial charge in [0.05, 0.1) is 28.1 Å². The molecule has 1 aliphatic heterocycles. The highest BCUT2D eigenvalue weighted by atomic mass is 79.9. The van der Waals surface area contributed by atoms with Crippen molar-refractivity contribution in [2.75, 3.05) is 18.0 Å². The van der Waals surface area contributed by atoms with Gasteiger partial charge in [-0.3, -0.25) is 23.9 Å². The van der Waals surface area contributed by atoms with Crippen LogP contribution in [0.25, 0.3) is 16.7 Å². The summed E-state index contributed by atoms with van der Waals surface area (Å²) in [5.41, 5.74) is 3.16. The van der Waals surface area contributed by atoms with Gasteiger partial charge in [0.1, 0.15) is 5.56 Å². The Morgan fingerprint density at radius 2 is 1.52 bits per heavy atom. The number of rotatable bonds is 5. The Balaban J connectivity index is 1.19. The van der Waals surface area contributed by atoms with Crippen molar-refractivity contribution in [2.45, 2.75) is 63.2 Å². The summed E-state index contributed by atoms with van der Waals surface area (Å²) in [4.78, 5) is 48.3. The normalized spacial score (nSPS) is 25.7. The molecule has 0 spiro atoms. The molecule has 5 fully saturated rings. The lowest BCUT2D eigenvalue weighted by Crippen LogP contribution is -2.48. The van der Waals surface area contributed by atoms with E-state index in [1.54, 1.807) is 23.2 Å². The van der Waals surface area contributed by atoms with Gasteiger partial charge in [0.15, 0.2) is 0 Å². The predicted molar refractivity (Wildman–Crippen MR) is 183 cm³/mol. The zero-order valence-electron chi connectivity index (χ0n) is 26.3. The number of nitrogens with zero attached hydrogens (tertiary/aromatic N) is 5. The van der Waals surface area contributed by atoms with Crippen LogP contribution in [0.5, 0.6) is 5.88 Å². The van der Waals surface area contributed by atoms with Gasteiger partial charge in [-0.25, -0.2) is 14.2 Å². The molecule has 4 bridgehead atoms. The molecule has 240 valence electrons. The molecule has 1 saturated heterocycles. The number of aliphatic imine (C=N–C) groups is 1. The van der Waals surface area contributed by atoms with Crippen molar-refractivity contribution in [3.05, 3.63) is 77.3 Å². The quantitative estimate of drug-likeness (QED) is 0.273. The Kier molecular flexibility index (Phi) is 6.97. The number of nitrogens with one attached hydrogen (secondary N) is 1. The lowest BCUT2D eigenvalue weighted by atomic mass is 9.48. The summed E-state index contributed by atoms with van der Waals surface area (Å²) in [6, 6.07) is 9.90. The fraction of sp³-hybridized carbons (Fsp3) is 0.486. The van der Waals surface area contributed by atoms with Crippen LogP contribution in [-0.4, -0.2) is 43.1 Å². The highest BCUT2D eigenvalue weighted by Crippen LogP contribution is 2.61. The minimum atomic E-state index is -0.725. The molecular formula is C35H39BrN6O4. The van der Waals surface area contributed by atoms with Crippen LogP contribution in [-0.2, 0) is 19.5 Å². The highest BCUT2D eigenvalue weighted by Gasteiger charge is 2.51. The Hall–Kier alpha value is -3.86. The Morgan fingerprint density at radius 1 is 0.891 bits per heavy atom. The SMILES string of the molecule is Cn1c(=O)n(C)c2cc(N3CCCCC3)c(N=Cc3c(O)n(-c4ccc(C56CC7CC(CC(C7)C5)C6)cc4Br)c(=O)[nH]c3=O)cc21. The fourth-order valence-electron chi connectivity index (χ4n) is 9.51. The number of benzene rings is 2. The third kappa shape index (κ3) is 4.64. The van der Waals surface area contributed by atoms with E-state index >= 15 is 0 Å². The maximum Gasteiger partial charge on any atom is 0.335 e. The number of hydrogen-bond acceptors (Lipinski definition) is 6. The fourth-order valence-corrected chi connectivity index (χ4v) is 10.1. The molecule has 4 saturated carbocycles. The minimum Gasteiger partial charge on any atom is -0.493 e. The largest absolute Gasteiger partial charge is 0.493 e. The first-order valence-electron chi connectivity index (χ1n) is 16.5. The lowest BCUT2D eigenvalue weighted by Gasteiger charge is -2.57. The van der Waals surface area contributed by atoms with Crippen LogP contribution < -0.4 is 21.8 Å². The zero-order valence-corrected chi connectivity index (χ0v) is 27.8. The molecule has 0 radical (unpaired) electrons. The molecule has 4 aromatic rings. The van der Waals surface area contributed by atoms with E-state index in [0.29, 0.717) is 21.4 Å². The van der Waals surface area contributed by atoms with Crippen molar-refractivity contribution in [2.24, 2.45) is 36.8 Å². The van der Waals surface area contributed by atoms with Crippen molar-refractivity contribution in [3.63, 3.8) is 0 Å². The summed E-state index contributed by atoms with van der Waals surface area (Å²) >= 11 is 3.71. The molecule has 2 aromatic carbocycles. The number of aromatic nitrogens is 4. The molecule has 5 aliphatic rings. The van der Waals surface area contributed by atoms with Gasteiger partial charge in [0.25, 0.3) is 5.56 Å². The zero-order chi connectivity index (χ0) is 31.9. The van der Waals surface area contributed by atoms with Crippen molar-refractivity contribution >= 4 is 44.6 Å². The van der Waals surface area contributed by atoms with Crippen molar-refractivity contribution in [1.29, 1.82) is 0 Å². The van der Waals surface area contributed by atoms with E-state index in [9.17, 15) is 19.5 Å². The smallest absolute Gasteiger partial charge is 0.335 e. The van der Waals surface area contributed by atoms with E-state index in [4.69, 9.17) is 4.99 Å². The van der Waals surface area contributed by atoms with Crippen LogP contribution in [0, 0.1) is 17.8 Å². The third-order valence-electron chi connectivity index (χ3n) is 11.4. The molecule has 10 nitrogen and oxygen atoms in total. The van der Waals surface area contributed by atoms with Crippen molar-refractivity contribution in [1.82, 2.24) is 18.7 Å². The number of fused-ring (bicyclic) bond motifs is 1. The molecule has 2 aromatic heterocycles. The number of hydrogen-bond donors (Lipinski definition) is 2. The number of imidazole rings is 1. The number of H-pyrrole nitrogens is 1. The number of aromatic hydroxyl groups is 1. The maximum atomic E-state index is 13.2. The summed E-state index contributed by atoms with van der Waals surface area (Å²) in [7, 11) is 3.47. The molecule has 11 heteroatoms. The Bertz CT molecular complexity index is 2060. The third-order valence-corrected chi connectivity index (χ3v) is 12.0. The second kappa shape index (κ2) is 10.9. The molecule has 0 unspecified atom stereocenters.